The summed E-state index contributed by atoms with van der Waals surface area (Å²) >= 11 is 12.1. The molecule has 0 amide bonds. The summed E-state index contributed by atoms with van der Waals surface area (Å²) < 4.78 is 0. The molecule has 0 aromatic heterocycles. The molecule has 127 valence electrons. The van der Waals surface area contributed by atoms with E-state index < -0.39 is 0 Å². The quantitative estimate of drug-likeness (QED) is 0.364. The topological polar surface area (TPSA) is 9.72 Å². The molecular formula is C10H27I5N3V2. The second-order valence-electron chi connectivity index (χ2n) is 4.56. The molecule has 0 fully saturated rings. The van der Waals surface area contributed by atoms with Crippen LogP contribution in [0.5, 0.6) is 0 Å². The third kappa shape index (κ3) is 93.4. The first-order valence-corrected chi connectivity index (χ1v) is 28.1. The molecule has 0 aromatic carbocycles. The number of hydrogen-bond acceptors (Lipinski definition) is 3. The van der Waals surface area contributed by atoms with Gasteiger partial charge >= 0.3 is 114 Å². The molecule has 0 saturated heterocycles. The van der Waals surface area contributed by atoms with E-state index in [1.807, 2.05) is 26.0 Å². The molecule has 0 spiro atoms. The van der Waals surface area contributed by atoms with E-state index in [9.17, 15) is 0 Å². The van der Waals surface area contributed by atoms with Gasteiger partial charge in [0.2, 0.25) is 0 Å². The van der Waals surface area contributed by atoms with Gasteiger partial charge in [0.15, 0.2) is 0 Å². The summed E-state index contributed by atoms with van der Waals surface area (Å²) in [7, 11) is 15.1. The summed E-state index contributed by atoms with van der Waals surface area (Å²) in [5.74, 6) is 0. The van der Waals surface area contributed by atoms with Crippen LogP contribution >= 0.6 is 99.9 Å². The van der Waals surface area contributed by atoms with E-state index in [2.05, 4.69) is 138 Å². The summed E-state index contributed by atoms with van der Waals surface area (Å²) in [4.78, 5) is 6.15. The van der Waals surface area contributed by atoms with E-state index in [4.69, 9.17) is 0 Å². The maximum absolute atomic E-state index is 2.46. The van der Waals surface area contributed by atoms with Crippen LogP contribution in [0.4, 0.5) is 0 Å². The van der Waals surface area contributed by atoms with Gasteiger partial charge in [-0.15, -0.1) is 0 Å². The minimum absolute atomic E-state index is 0.278. The van der Waals surface area contributed by atoms with Crippen LogP contribution < -0.4 is 0 Å². The molecule has 0 heterocycles. The summed E-state index contributed by atoms with van der Waals surface area (Å²) in [5.41, 5.74) is 0. The zero-order valence-corrected chi connectivity index (χ0v) is 26.8. The summed E-state index contributed by atoms with van der Waals surface area (Å²) in [6.07, 6.45) is 1.26. The van der Waals surface area contributed by atoms with Crippen LogP contribution in [0.25, 0.3) is 0 Å². The predicted octanol–water partition coefficient (Wildman–Crippen LogP) is 5.10. The number of halogens is 5. The van der Waals surface area contributed by atoms with Crippen LogP contribution in [-0.2, 0) is 14.4 Å². The van der Waals surface area contributed by atoms with Gasteiger partial charge in [-0.05, 0) is 68.8 Å². The average molecular weight is 926 g/mol. The summed E-state index contributed by atoms with van der Waals surface area (Å²) in [6, 6.07) is 0. The van der Waals surface area contributed by atoms with Crippen LogP contribution in [0.1, 0.15) is 6.42 Å². The molecule has 0 aliphatic carbocycles. The van der Waals surface area contributed by atoms with E-state index in [1.54, 1.807) is 0 Å². The van der Waals surface area contributed by atoms with Gasteiger partial charge in [-0.3, -0.25) is 0 Å². The molecular weight excluding hydrogens is 899 g/mol. The van der Waals surface area contributed by atoms with Gasteiger partial charge in [0.25, 0.3) is 0 Å². The van der Waals surface area contributed by atoms with Crippen LogP contribution in [0, 0.1) is 0 Å². The predicted molar refractivity (Wildman–Crippen MR) is 131 cm³/mol. The molecule has 0 saturated carbocycles. The van der Waals surface area contributed by atoms with Crippen molar-refractivity contribution in [3.05, 3.63) is 0 Å². The Morgan fingerprint density at radius 2 is 0.900 bits per heavy atom. The normalized spacial score (nSPS) is 9.40. The van der Waals surface area contributed by atoms with Gasteiger partial charge in [-0.2, -0.15) is 0 Å². The van der Waals surface area contributed by atoms with Gasteiger partial charge in [0.1, 0.15) is 0 Å². The van der Waals surface area contributed by atoms with Crippen LogP contribution in [0.2, 0.25) is 0 Å². The second kappa shape index (κ2) is 28.5. The molecule has 0 rings (SSSR count). The number of hydrogen-bond donors (Lipinski definition) is 0. The first kappa shape index (κ1) is 32.4. The molecule has 0 unspecified atom stereocenters. The molecule has 3 nitrogen and oxygen atoms in total. The Labute approximate surface area is 193 Å². The third-order valence-electron chi connectivity index (χ3n) is 1.21. The Morgan fingerprint density at radius 1 is 0.750 bits per heavy atom. The zero-order valence-electron chi connectivity index (χ0n) is 13.2. The van der Waals surface area contributed by atoms with E-state index >= 15 is 0 Å². The van der Waals surface area contributed by atoms with E-state index in [0.717, 1.165) is 0 Å². The molecule has 0 atom stereocenters. The van der Waals surface area contributed by atoms with Crippen molar-refractivity contribution in [1.82, 2.24) is 14.7 Å². The molecule has 10 heteroatoms. The summed E-state index contributed by atoms with van der Waals surface area (Å²) in [5, 5.41) is 0. The zero-order chi connectivity index (χ0) is 17.1. The van der Waals surface area contributed by atoms with Crippen molar-refractivity contribution in [2.75, 3.05) is 62.4 Å². The monoisotopic (exact) mass is 926 g/mol. The Morgan fingerprint density at radius 3 is 1.00 bits per heavy atom. The maximum atomic E-state index is 2.46. The fourth-order valence-electron chi connectivity index (χ4n) is 0.703. The Balaban J connectivity index is -0.0000000976. The van der Waals surface area contributed by atoms with Crippen molar-refractivity contribution >= 4 is 99.9 Å². The van der Waals surface area contributed by atoms with Gasteiger partial charge in [-0.25, -0.2) is 0 Å². The fourth-order valence-corrected chi connectivity index (χ4v) is 0.703. The fraction of sp³-hybridized carbons (Fsp3) is 1.00. The van der Waals surface area contributed by atoms with Crippen molar-refractivity contribution in [1.29, 1.82) is 0 Å². The third-order valence-corrected chi connectivity index (χ3v) is 1.21. The second-order valence-corrected chi connectivity index (χ2v) is 51.7. The molecule has 0 N–H and O–H groups in total. The van der Waals surface area contributed by atoms with Crippen molar-refractivity contribution in [3.8, 4) is 0 Å². The number of nitrogens with zero attached hydrogens (tertiary/aromatic N) is 3. The number of rotatable bonds is 4. The van der Waals surface area contributed by atoms with Crippen molar-refractivity contribution in [3.63, 3.8) is 0 Å². The van der Waals surface area contributed by atoms with Gasteiger partial charge in [-0.1, -0.05) is 0 Å². The summed E-state index contributed by atoms with van der Waals surface area (Å²) in [6.45, 7) is 2.39. The van der Waals surface area contributed by atoms with Crippen LogP contribution in [-0.4, -0.2) is 77.1 Å². The average Bonchev–Trinajstić information content (AvgIpc) is 2.15. The van der Waals surface area contributed by atoms with Gasteiger partial charge in [0, 0.05) is 0 Å². The minimum atomic E-state index is -0.278. The first-order chi connectivity index (χ1) is 9.00. The van der Waals surface area contributed by atoms with Crippen LogP contribution in [0.3, 0.4) is 0 Å². The van der Waals surface area contributed by atoms with Crippen molar-refractivity contribution in [2.24, 2.45) is 0 Å². The SMILES string of the molecule is CN(C)C.CN(C)CCCN(C)C.[I][V]([I])[I].[I][V][I]. The Hall–Kier alpha value is 4.70. The molecule has 20 heavy (non-hydrogen) atoms. The van der Waals surface area contributed by atoms with E-state index in [1.165, 1.54) is 19.5 Å². The van der Waals surface area contributed by atoms with E-state index in [-0.39, 0.29) is 4.92 Å². The van der Waals surface area contributed by atoms with Crippen LogP contribution in [0.15, 0.2) is 0 Å². The van der Waals surface area contributed by atoms with E-state index in [0.29, 0.717) is 9.47 Å². The van der Waals surface area contributed by atoms with Gasteiger partial charge < -0.3 is 14.7 Å². The van der Waals surface area contributed by atoms with Crippen molar-refractivity contribution in [2.45, 2.75) is 6.42 Å². The molecule has 0 aliphatic rings. The first-order valence-electron chi connectivity index (χ1n) is 5.61. The van der Waals surface area contributed by atoms with Gasteiger partial charge in [0.05, 0.1) is 0 Å². The Bertz CT molecular complexity index is 135. The molecule has 0 bridgehead atoms. The standard InChI is InChI=1S/C7H18N2.C3H9N.5HI.2V/c1-8(2)6-5-7-9(3)4;1-4(2)3;;;;;;;/h5-7H2,1-4H3;1-3H3;5*1H;;/q;;;;;;;+2;+3/p-5. The Kier molecular flexibility index (Phi) is 46.1. The molecule has 0 radical (unpaired) electrons. The molecule has 0 aliphatic heterocycles. The van der Waals surface area contributed by atoms with Crippen molar-refractivity contribution < 1.29 is 14.4 Å². The molecule has 0 aromatic rings.